The van der Waals surface area contributed by atoms with Crippen molar-refractivity contribution in [1.82, 2.24) is 15.1 Å². The topological polar surface area (TPSA) is 29.9 Å². The first-order valence-corrected chi connectivity index (χ1v) is 7.81. The predicted molar refractivity (Wildman–Crippen MR) is 88.6 cm³/mol. The highest BCUT2D eigenvalue weighted by atomic mass is 15.2. The quantitative estimate of drug-likeness (QED) is 0.878. The molecule has 3 nitrogen and oxygen atoms in total. The van der Waals surface area contributed by atoms with Gasteiger partial charge in [0.2, 0.25) is 0 Å². The minimum Gasteiger partial charge on any atom is -0.310 e. The Morgan fingerprint density at radius 3 is 2.38 bits per heavy atom. The molecule has 0 saturated heterocycles. The Hall–Kier alpha value is -1.61. The maximum atomic E-state index is 4.26. The average molecular weight is 285 g/mol. The van der Waals surface area contributed by atoms with Gasteiger partial charge in [-0.3, -0.25) is 4.68 Å². The van der Waals surface area contributed by atoms with E-state index in [1.165, 1.54) is 27.9 Å². The lowest BCUT2D eigenvalue weighted by Gasteiger charge is -2.23. The number of aromatic nitrogens is 2. The first kappa shape index (κ1) is 15.8. The van der Waals surface area contributed by atoms with Crippen LogP contribution >= 0.6 is 0 Å². The summed E-state index contributed by atoms with van der Waals surface area (Å²) in [5, 5.41) is 7.91. The molecule has 1 N–H and O–H groups in total. The van der Waals surface area contributed by atoms with Crippen molar-refractivity contribution in [3.05, 3.63) is 52.3 Å². The molecule has 0 fully saturated rings. The highest BCUT2D eigenvalue weighted by Crippen LogP contribution is 2.27. The predicted octanol–water partition coefficient (Wildman–Crippen LogP) is 3.63. The Balaban J connectivity index is 2.21. The fourth-order valence-corrected chi connectivity index (χ4v) is 3.27. The van der Waals surface area contributed by atoms with Crippen LogP contribution in [0.5, 0.6) is 0 Å². The molecular weight excluding hydrogens is 258 g/mol. The Labute approximate surface area is 128 Å². The molecule has 0 saturated carbocycles. The molecule has 0 aliphatic heterocycles. The molecule has 21 heavy (non-hydrogen) atoms. The Morgan fingerprint density at radius 2 is 1.86 bits per heavy atom. The Morgan fingerprint density at radius 1 is 1.19 bits per heavy atom. The number of hydrogen-bond acceptors (Lipinski definition) is 2. The summed E-state index contributed by atoms with van der Waals surface area (Å²) < 4.78 is 1.97. The zero-order valence-corrected chi connectivity index (χ0v) is 13.9. The second-order valence-electron chi connectivity index (χ2n) is 5.91. The van der Waals surface area contributed by atoms with E-state index < -0.39 is 0 Å². The van der Waals surface area contributed by atoms with Gasteiger partial charge in [-0.15, -0.1) is 0 Å². The molecule has 0 aliphatic rings. The SMILES string of the molecule is CCNC(CCc1ccnn1C)c1c(C)cc(C)cc1C. The molecule has 3 heteroatoms. The van der Waals surface area contributed by atoms with E-state index in [4.69, 9.17) is 0 Å². The van der Waals surface area contributed by atoms with Crippen molar-refractivity contribution in [1.29, 1.82) is 0 Å². The minimum atomic E-state index is 0.408. The van der Waals surface area contributed by atoms with Crippen molar-refractivity contribution in [2.75, 3.05) is 6.54 Å². The number of nitrogens with one attached hydrogen (secondary N) is 1. The summed E-state index contributed by atoms with van der Waals surface area (Å²) in [6.07, 6.45) is 4.01. The highest BCUT2D eigenvalue weighted by molar-refractivity contribution is 5.39. The molecule has 1 atom stereocenters. The number of aryl methyl sites for hydroxylation is 5. The third kappa shape index (κ3) is 3.73. The molecule has 114 valence electrons. The molecule has 2 rings (SSSR count). The fourth-order valence-electron chi connectivity index (χ4n) is 3.27. The van der Waals surface area contributed by atoms with Gasteiger partial charge in [0.15, 0.2) is 0 Å². The van der Waals surface area contributed by atoms with Gasteiger partial charge in [0.1, 0.15) is 0 Å². The van der Waals surface area contributed by atoms with Crippen LogP contribution in [0, 0.1) is 20.8 Å². The summed E-state index contributed by atoms with van der Waals surface area (Å²) in [6.45, 7) is 9.79. The summed E-state index contributed by atoms with van der Waals surface area (Å²) in [5.74, 6) is 0. The maximum Gasteiger partial charge on any atom is 0.0492 e. The lowest BCUT2D eigenvalue weighted by Crippen LogP contribution is -2.23. The highest BCUT2D eigenvalue weighted by Gasteiger charge is 2.16. The third-order valence-electron chi connectivity index (χ3n) is 4.15. The lowest BCUT2D eigenvalue weighted by atomic mass is 9.91. The van der Waals surface area contributed by atoms with E-state index in [-0.39, 0.29) is 0 Å². The lowest BCUT2D eigenvalue weighted by molar-refractivity contribution is 0.502. The van der Waals surface area contributed by atoms with Gasteiger partial charge in [0.05, 0.1) is 0 Å². The second-order valence-corrected chi connectivity index (χ2v) is 5.91. The fraction of sp³-hybridized carbons (Fsp3) is 0.500. The van der Waals surface area contributed by atoms with E-state index in [2.05, 4.69) is 56.3 Å². The van der Waals surface area contributed by atoms with Gasteiger partial charge in [-0.2, -0.15) is 5.10 Å². The summed E-state index contributed by atoms with van der Waals surface area (Å²) in [6, 6.07) is 7.09. The number of benzene rings is 1. The molecule has 1 unspecified atom stereocenters. The second kappa shape index (κ2) is 6.90. The van der Waals surface area contributed by atoms with E-state index in [1.807, 2.05) is 17.9 Å². The zero-order chi connectivity index (χ0) is 15.4. The minimum absolute atomic E-state index is 0.408. The molecular formula is C18H27N3. The normalized spacial score (nSPS) is 12.6. The van der Waals surface area contributed by atoms with Crippen LogP contribution in [0.4, 0.5) is 0 Å². The number of rotatable bonds is 6. The van der Waals surface area contributed by atoms with Crippen molar-refractivity contribution in [3.8, 4) is 0 Å². The molecule has 1 heterocycles. The van der Waals surface area contributed by atoms with Crippen molar-refractivity contribution in [2.24, 2.45) is 7.05 Å². The van der Waals surface area contributed by atoms with Gasteiger partial charge in [-0.05, 0) is 62.9 Å². The summed E-state index contributed by atoms with van der Waals surface area (Å²) in [7, 11) is 2.01. The molecule has 1 aromatic carbocycles. The van der Waals surface area contributed by atoms with Gasteiger partial charge in [-0.25, -0.2) is 0 Å². The summed E-state index contributed by atoms with van der Waals surface area (Å²) in [4.78, 5) is 0. The van der Waals surface area contributed by atoms with Crippen LogP contribution in [0.25, 0.3) is 0 Å². The molecule has 0 spiro atoms. The largest absolute Gasteiger partial charge is 0.310 e. The molecule has 0 aliphatic carbocycles. The van der Waals surface area contributed by atoms with Gasteiger partial charge < -0.3 is 5.32 Å². The van der Waals surface area contributed by atoms with Crippen LogP contribution in [0.15, 0.2) is 24.4 Å². The van der Waals surface area contributed by atoms with Crippen LogP contribution in [-0.4, -0.2) is 16.3 Å². The van der Waals surface area contributed by atoms with E-state index in [0.717, 1.165) is 19.4 Å². The van der Waals surface area contributed by atoms with Crippen LogP contribution in [0.1, 0.15) is 47.3 Å². The van der Waals surface area contributed by atoms with Crippen molar-refractivity contribution >= 4 is 0 Å². The number of hydrogen-bond donors (Lipinski definition) is 1. The molecule has 0 amide bonds. The number of nitrogens with zero attached hydrogens (tertiary/aromatic N) is 2. The zero-order valence-electron chi connectivity index (χ0n) is 13.9. The van der Waals surface area contributed by atoms with E-state index in [1.54, 1.807) is 0 Å². The van der Waals surface area contributed by atoms with E-state index in [0.29, 0.717) is 6.04 Å². The van der Waals surface area contributed by atoms with Gasteiger partial charge in [0, 0.05) is 25.0 Å². The van der Waals surface area contributed by atoms with Gasteiger partial charge in [-0.1, -0.05) is 24.6 Å². The smallest absolute Gasteiger partial charge is 0.0492 e. The van der Waals surface area contributed by atoms with E-state index in [9.17, 15) is 0 Å². The monoisotopic (exact) mass is 285 g/mol. The van der Waals surface area contributed by atoms with Gasteiger partial charge in [0.25, 0.3) is 0 Å². The summed E-state index contributed by atoms with van der Waals surface area (Å²) >= 11 is 0. The average Bonchev–Trinajstić information content (AvgIpc) is 2.80. The first-order chi connectivity index (χ1) is 10.0. The van der Waals surface area contributed by atoms with Crippen LogP contribution < -0.4 is 5.32 Å². The Bertz CT molecular complexity index is 575. The van der Waals surface area contributed by atoms with Crippen molar-refractivity contribution in [3.63, 3.8) is 0 Å². The van der Waals surface area contributed by atoms with Crippen LogP contribution in [0.3, 0.4) is 0 Å². The molecule has 2 aromatic rings. The van der Waals surface area contributed by atoms with Crippen molar-refractivity contribution < 1.29 is 0 Å². The Kier molecular flexibility index (Phi) is 5.18. The summed E-state index contributed by atoms with van der Waals surface area (Å²) in [5.41, 5.74) is 6.88. The van der Waals surface area contributed by atoms with E-state index >= 15 is 0 Å². The maximum absolute atomic E-state index is 4.26. The van der Waals surface area contributed by atoms with Crippen molar-refractivity contribution in [2.45, 2.75) is 46.6 Å². The molecule has 0 radical (unpaired) electrons. The first-order valence-electron chi connectivity index (χ1n) is 7.81. The third-order valence-corrected chi connectivity index (χ3v) is 4.15. The van der Waals surface area contributed by atoms with Gasteiger partial charge >= 0.3 is 0 Å². The standard InChI is InChI=1S/C18H27N3/c1-6-19-17(8-7-16-9-10-20-21(16)5)18-14(3)11-13(2)12-15(18)4/h9-12,17,19H,6-8H2,1-5H3. The molecule has 0 bridgehead atoms. The molecule has 1 aromatic heterocycles. The van der Waals surface area contributed by atoms with Crippen LogP contribution in [-0.2, 0) is 13.5 Å². The van der Waals surface area contributed by atoms with Crippen LogP contribution in [0.2, 0.25) is 0 Å².